The Hall–Kier alpha value is -1.08. The van der Waals surface area contributed by atoms with Crippen LogP contribution in [0.1, 0.15) is 19.4 Å². The molecule has 0 bridgehead atoms. The molecule has 1 aromatic carbocycles. The SMILES string of the molecule is CC.NC/C=C\Cc1ccccc1. The lowest BCUT2D eigenvalue weighted by molar-refractivity contribution is 1.20. The lowest BCUT2D eigenvalue weighted by Crippen LogP contribution is -1.92. The van der Waals surface area contributed by atoms with Gasteiger partial charge in [-0.25, -0.2) is 0 Å². The number of benzene rings is 1. The van der Waals surface area contributed by atoms with Gasteiger partial charge >= 0.3 is 0 Å². The van der Waals surface area contributed by atoms with Gasteiger partial charge < -0.3 is 5.73 Å². The topological polar surface area (TPSA) is 26.0 Å². The summed E-state index contributed by atoms with van der Waals surface area (Å²) in [5, 5.41) is 0. The lowest BCUT2D eigenvalue weighted by Gasteiger charge is -1.92. The zero-order valence-corrected chi connectivity index (χ0v) is 8.53. The summed E-state index contributed by atoms with van der Waals surface area (Å²) in [6, 6.07) is 10.3. The minimum atomic E-state index is 0.632. The molecular formula is C12H19N. The molecule has 2 N–H and O–H groups in total. The molecule has 1 nitrogen and oxygen atoms in total. The molecule has 13 heavy (non-hydrogen) atoms. The van der Waals surface area contributed by atoms with Crippen LogP contribution in [0.25, 0.3) is 0 Å². The van der Waals surface area contributed by atoms with E-state index < -0.39 is 0 Å². The zero-order chi connectivity index (χ0) is 9.94. The van der Waals surface area contributed by atoms with Crippen molar-refractivity contribution in [2.45, 2.75) is 20.3 Å². The number of nitrogens with two attached hydrogens (primary N) is 1. The van der Waals surface area contributed by atoms with Crippen LogP contribution >= 0.6 is 0 Å². The first kappa shape index (κ1) is 11.9. The smallest absolute Gasteiger partial charge is 0.0106 e. The summed E-state index contributed by atoms with van der Waals surface area (Å²) in [6.45, 7) is 4.63. The third-order valence-electron chi connectivity index (χ3n) is 1.50. The van der Waals surface area contributed by atoms with Gasteiger partial charge in [0.1, 0.15) is 0 Å². The van der Waals surface area contributed by atoms with Crippen molar-refractivity contribution in [1.82, 2.24) is 0 Å². The molecule has 0 saturated heterocycles. The summed E-state index contributed by atoms with van der Waals surface area (Å²) in [5.74, 6) is 0. The summed E-state index contributed by atoms with van der Waals surface area (Å²) in [4.78, 5) is 0. The minimum absolute atomic E-state index is 0.632. The number of hydrogen-bond donors (Lipinski definition) is 1. The molecule has 0 fully saturated rings. The fourth-order valence-electron chi connectivity index (χ4n) is 0.930. The molecule has 0 atom stereocenters. The van der Waals surface area contributed by atoms with Gasteiger partial charge in [-0.3, -0.25) is 0 Å². The molecule has 1 aromatic rings. The van der Waals surface area contributed by atoms with E-state index in [1.807, 2.05) is 38.1 Å². The average Bonchev–Trinajstić information content (AvgIpc) is 2.23. The minimum Gasteiger partial charge on any atom is -0.327 e. The Morgan fingerprint density at radius 2 is 1.69 bits per heavy atom. The molecule has 0 aromatic heterocycles. The zero-order valence-electron chi connectivity index (χ0n) is 8.53. The molecule has 0 saturated carbocycles. The highest BCUT2D eigenvalue weighted by atomic mass is 14.5. The maximum atomic E-state index is 5.31. The second-order valence-electron chi connectivity index (χ2n) is 2.40. The van der Waals surface area contributed by atoms with Crippen LogP contribution in [0.4, 0.5) is 0 Å². The van der Waals surface area contributed by atoms with Crippen molar-refractivity contribution < 1.29 is 0 Å². The van der Waals surface area contributed by atoms with E-state index in [0.29, 0.717) is 6.54 Å². The monoisotopic (exact) mass is 177 g/mol. The molecule has 0 aliphatic rings. The highest BCUT2D eigenvalue weighted by Gasteiger charge is 1.83. The van der Waals surface area contributed by atoms with Crippen molar-refractivity contribution >= 4 is 0 Å². The van der Waals surface area contributed by atoms with Gasteiger partial charge in [0.2, 0.25) is 0 Å². The highest BCUT2D eigenvalue weighted by Crippen LogP contribution is 1.99. The van der Waals surface area contributed by atoms with E-state index in [4.69, 9.17) is 5.73 Å². The molecule has 0 heterocycles. The first-order chi connectivity index (χ1) is 6.43. The Morgan fingerprint density at radius 1 is 1.08 bits per heavy atom. The van der Waals surface area contributed by atoms with Gasteiger partial charge in [-0.1, -0.05) is 56.3 Å². The number of hydrogen-bond acceptors (Lipinski definition) is 1. The summed E-state index contributed by atoms with van der Waals surface area (Å²) in [7, 11) is 0. The van der Waals surface area contributed by atoms with E-state index in [9.17, 15) is 0 Å². The van der Waals surface area contributed by atoms with Gasteiger partial charge in [-0.05, 0) is 12.0 Å². The quantitative estimate of drug-likeness (QED) is 0.706. The van der Waals surface area contributed by atoms with Gasteiger partial charge in [0.25, 0.3) is 0 Å². The van der Waals surface area contributed by atoms with E-state index in [2.05, 4.69) is 18.2 Å². The van der Waals surface area contributed by atoms with Gasteiger partial charge in [0.15, 0.2) is 0 Å². The van der Waals surface area contributed by atoms with Crippen LogP contribution in [0.15, 0.2) is 42.5 Å². The van der Waals surface area contributed by atoms with E-state index in [-0.39, 0.29) is 0 Å². The maximum Gasteiger partial charge on any atom is 0.0106 e. The molecule has 0 aliphatic heterocycles. The molecule has 1 heteroatoms. The third kappa shape index (κ3) is 6.12. The summed E-state index contributed by atoms with van der Waals surface area (Å²) in [5.41, 5.74) is 6.64. The largest absolute Gasteiger partial charge is 0.327 e. The summed E-state index contributed by atoms with van der Waals surface area (Å²) < 4.78 is 0. The van der Waals surface area contributed by atoms with Crippen LogP contribution < -0.4 is 5.73 Å². The Kier molecular flexibility index (Phi) is 8.26. The molecule has 1 rings (SSSR count). The van der Waals surface area contributed by atoms with E-state index in [1.54, 1.807) is 0 Å². The predicted octanol–water partition coefficient (Wildman–Crippen LogP) is 2.77. The number of allylic oxidation sites excluding steroid dienone is 1. The van der Waals surface area contributed by atoms with Crippen molar-refractivity contribution in [3.63, 3.8) is 0 Å². The molecule has 0 radical (unpaired) electrons. The fraction of sp³-hybridized carbons (Fsp3) is 0.333. The molecular weight excluding hydrogens is 158 g/mol. The normalized spacial score (nSPS) is 9.46. The Balaban J connectivity index is 0.000000671. The fourth-order valence-corrected chi connectivity index (χ4v) is 0.930. The van der Waals surface area contributed by atoms with Crippen molar-refractivity contribution in [2.75, 3.05) is 6.54 Å². The maximum absolute atomic E-state index is 5.31. The molecule has 0 aliphatic carbocycles. The standard InChI is InChI=1S/C10H13N.C2H6/c11-9-5-4-8-10-6-2-1-3-7-10;1-2/h1-7H,8-9,11H2;1-2H3/b5-4-;. The Labute approximate surface area is 81.3 Å². The van der Waals surface area contributed by atoms with Crippen LogP contribution in [0.5, 0.6) is 0 Å². The van der Waals surface area contributed by atoms with Crippen LogP contribution in [-0.4, -0.2) is 6.54 Å². The van der Waals surface area contributed by atoms with Crippen LogP contribution in [0.3, 0.4) is 0 Å². The number of rotatable bonds is 3. The first-order valence-corrected chi connectivity index (χ1v) is 4.82. The van der Waals surface area contributed by atoms with E-state index in [1.165, 1.54) is 5.56 Å². The van der Waals surface area contributed by atoms with Gasteiger partial charge in [0, 0.05) is 6.54 Å². The Morgan fingerprint density at radius 3 is 2.23 bits per heavy atom. The van der Waals surface area contributed by atoms with Gasteiger partial charge in [-0.15, -0.1) is 0 Å². The first-order valence-electron chi connectivity index (χ1n) is 4.82. The average molecular weight is 177 g/mol. The van der Waals surface area contributed by atoms with Crippen molar-refractivity contribution in [3.05, 3.63) is 48.0 Å². The van der Waals surface area contributed by atoms with E-state index in [0.717, 1.165) is 6.42 Å². The van der Waals surface area contributed by atoms with Gasteiger partial charge in [-0.2, -0.15) is 0 Å². The van der Waals surface area contributed by atoms with Crippen molar-refractivity contribution in [3.8, 4) is 0 Å². The van der Waals surface area contributed by atoms with E-state index >= 15 is 0 Å². The predicted molar refractivity (Wildman–Crippen MR) is 59.7 cm³/mol. The highest BCUT2D eigenvalue weighted by molar-refractivity contribution is 5.17. The van der Waals surface area contributed by atoms with Crippen molar-refractivity contribution in [2.24, 2.45) is 5.73 Å². The third-order valence-corrected chi connectivity index (χ3v) is 1.50. The Bertz CT molecular complexity index is 214. The van der Waals surface area contributed by atoms with Crippen LogP contribution in [0, 0.1) is 0 Å². The molecule has 0 amide bonds. The van der Waals surface area contributed by atoms with Gasteiger partial charge in [0.05, 0.1) is 0 Å². The van der Waals surface area contributed by atoms with Crippen molar-refractivity contribution in [1.29, 1.82) is 0 Å². The molecule has 72 valence electrons. The lowest BCUT2D eigenvalue weighted by atomic mass is 10.1. The second-order valence-corrected chi connectivity index (χ2v) is 2.40. The molecule has 0 unspecified atom stereocenters. The summed E-state index contributed by atoms with van der Waals surface area (Å²) >= 11 is 0. The second kappa shape index (κ2) is 9.01. The molecule has 0 spiro atoms. The summed E-state index contributed by atoms with van der Waals surface area (Å²) in [6.07, 6.45) is 5.06. The van der Waals surface area contributed by atoms with Crippen LogP contribution in [-0.2, 0) is 6.42 Å². The van der Waals surface area contributed by atoms with Crippen LogP contribution in [0.2, 0.25) is 0 Å².